The van der Waals surface area contributed by atoms with Crippen molar-refractivity contribution >= 4 is 22.8 Å². The molecule has 0 radical (unpaired) electrons. The maximum Gasteiger partial charge on any atom is 0.240 e. The largest absolute Gasteiger partial charge is 0.370 e. The van der Waals surface area contributed by atoms with E-state index in [4.69, 9.17) is 17.2 Å². The van der Waals surface area contributed by atoms with Gasteiger partial charge in [-0.25, -0.2) is 0 Å². The molecule has 1 saturated heterocycles. The zero-order valence-corrected chi connectivity index (χ0v) is 22.1. The lowest BCUT2D eigenvalue weighted by molar-refractivity contribution is -0.137. The van der Waals surface area contributed by atoms with E-state index in [2.05, 4.69) is 77.4 Å². The molecule has 0 spiro atoms. The minimum atomic E-state index is -0.556. The molecule has 1 fully saturated rings. The predicted molar refractivity (Wildman–Crippen MR) is 151 cm³/mol. The smallest absolute Gasteiger partial charge is 0.240 e. The first-order valence-electron chi connectivity index (χ1n) is 13.3. The number of para-hydroxylation sites is 1. The first-order chi connectivity index (χ1) is 17.8. The van der Waals surface area contributed by atoms with Crippen molar-refractivity contribution in [3.05, 3.63) is 70.9 Å². The summed E-state index contributed by atoms with van der Waals surface area (Å²) in [6.45, 7) is 8.01. The van der Waals surface area contributed by atoms with E-state index < -0.39 is 6.04 Å². The average molecular weight is 504 g/mol. The molecule has 0 aliphatic carbocycles. The van der Waals surface area contributed by atoms with E-state index in [-0.39, 0.29) is 17.9 Å². The fraction of sp³-hybridized carbons (Fsp3) is 0.448. The molecule has 1 aliphatic rings. The van der Waals surface area contributed by atoms with Crippen LogP contribution in [0.2, 0.25) is 0 Å². The highest BCUT2D eigenvalue weighted by atomic mass is 16.2. The second-order valence-electron chi connectivity index (χ2n) is 10.3. The number of guanidine groups is 1. The Hall–Kier alpha value is -3.36. The van der Waals surface area contributed by atoms with Crippen LogP contribution in [0.4, 0.5) is 0 Å². The number of carbonyl (C=O) groups excluding carboxylic acids is 1. The van der Waals surface area contributed by atoms with E-state index in [0.717, 1.165) is 44.5 Å². The van der Waals surface area contributed by atoms with E-state index in [0.29, 0.717) is 19.5 Å². The molecule has 7 N–H and O–H groups in total. The molecule has 1 unspecified atom stereocenters. The van der Waals surface area contributed by atoms with Gasteiger partial charge in [-0.15, -0.1) is 0 Å². The molecule has 8 nitrogen and oxygen atoms in total. The maximum absolute atomic E-state index is 13.5. The number of nitrogens with one attached hydrogen (secondary N) is 1. The first kappa shape index (κ1) is 26.7. The van der Waals surface area contributed by atoms with Gasteiger partial charge in [-0.3, -0.25) is 14.7 Å². The van der Waals surface area contributed by atoms with Gasteiger partial charge in [0.2, 0.25) is 5.91 Å². The second-order valence-corrected chi connectivity index (χ2v) is 10.3. The molecule has 1 aromatic heterocycles. The number of piperazine rings is 1. The van der Waals surface area contributed by atoms with Crippen molar-refractivity contribution in [2.75, 3.05) is 32.7 Å². The van der Waals surface area contributed by atoms with Crippen molar-refractivity contribution in [3.63, 3.8) is 0 Å². The molecule has 3 aromatic rings. The van der Waals surface area contributed by atoms with Crippen molar-refractivity contribution < 1.29 is 4.79 Å². The highest BCUT2D eigenvalue weighted by Gasteiger charge is 2.32. The Morgan fingerprint density at radius 1 is 1.14 bits per heavy atom. The Labute approximate surface area is 219 Å². The summed E-state index contributed by atoms with van der Waals surface area (Å²) in [4.78, 5) is 25.5. The number of carbonyl (C=O) groups is 1. The predicted octanol–water partition coefficient (Wildman–Crippen LogP) is 2.46. The van der Waals surface area contributed by atoms with Crippen LogP contribution in [0.25, 0.3) is 10.9 Å². The molecule has 0 bridgehead atoms. The van der Waals surface area contributed by atoms with Gasteiger partial charge in [0.15, 0.2) is 5.96 Å². The van der Waals surface area contributed by atoms with Gasteiger partial charge >= 0.3 is 0 Å². The zero-order chi connectivity index (χ0) is 26.4. The van der Waals surface area contributed by atoms with Crippen molar-refractivity contribution in [2.24, 2.45) is 22.2 Å². The number of hydrogen-bond donors (Lipinski definition) is 4. The summed E-state index contributed by atoms with van der Waals surface area (Å²) in [7, 11) is 0. The van der Waals surface area contributed by atoms with Crippen LogP contribution in [0, 0.1) is 13.8 Å². The maximum atomic E-state index is 13.5. The topological polar surface area (TPSA) is 130 Å². The Bertz CT molecular complexity index is 1230. The molecule has 2 aromatic carbocycles. The molecule has 198 valence electrons. The van der Waals surface area contributed by atoms with Crippen LogP contribution >= 0.6 is 0 Å². The third-order valence-electron chi connectivity index (χ3n) is 7.47. The van der Waals surface area contributed by atoms with Crippen LogP contribution < -0.4 is 17.2 Å². The molecule has 2 heterocycles. The van der Waals surface area contributed by atoms with E-state index in [1.807, 2.05) is 4.90 Å². The number of aryl methyl sites for hydroxylation is 2. The van der Waals surface area contributed by atoms with Crippen LogP contribution in [-0.4, -0.2) is 71.5 Å². The lowest BCUT2D eigenvalue weighted by atomic mass is 9.97. The van der Waals surface area contributed by atoms with Gasteiger partial charge in [0.25, 0.3) is 0 Å². The molecular weight excluding hydrogens is 462 g/mol. The standard InChI is InChI=1S/C29H41N7O/c1-20-9-10-22(21(2)16-20)17-26(30)28(37)36-15-14-35(19-24(36)6-5-12-33-29(31)32)13-11-23-18-34-27-8-4-3-7-25(23)27/h3-4,7-10,16,18,24,26,34H,5-6,11-15,17,19,30H2,1-2H3,(H4,31,32,33)/t24?,26-/m1/s1. The fourth-order valence-electron chi connectivity index (χ4n) is 5.42. The van der Waals surface area contributed by atoms with Gasteiger partial charge in [-0.05, 0) is 62.3 Å². The van der Waals surface area contributed by atoms with Crippen molar-refractivity contribution in [1.82, 2.24) is 14.8 Å². The summed E-state index contributed by atoms with van der Waals surface area (Å²) in [5, 5.41) is 1.28. The number of H-pyrrole nitrogens is 1. The number of nitrogens with zero attached hydrogens (tertiary/aromatic N) is 3. The van der Waals surface area contributed by atoms with Crippen LogP contribution in [0.5, 0.6) is 0 Å². The Kier molecular flexibility index (Phi) is 8.84. The summed E-state index contributed by atoms with van der Waals surface area (Å²) >= 11 is 0. The normalized spacial score (nSPS) is 17.2. The summed E-state index contributed by atoms with van der Waals surface area (Å²) < 4.78 is 0. The lowest BCUT2D eigenvalue weighted by Crippen LogP contribution is -2.59. The van der Waals surface area contributed by atoms with Gasteiger partial charge in [0.05, 0.1) is 6.04 Å². The average Bonchev–Trinajstić information content (AvgIpc) is 3.29. The monoisotopic (exact) mass is 503 g/mol. The van der Waals surface area contributed by atoms with E-state index >= 15 is 0 Å². The first-order valence-corrected chi connectivity index (χ1v) is 13.3. The third-order valence-corrected chi connectivity index (χ3v) is 7.47. The lowest BCUT2D eigenvalue weighted by Gasteiger charge is -2.42. The summed E-state index contributed by atoms with van der Waals surface area (Å²) in [5.74, 6) is 0.135. The summed E-state index contributed by atoms with van der Waals surface area (Å²) in [5.41, 5.74) is 23.5. The molecule has 1 aliphatic heterocycles. The summed E-state index contributed by atoms with van der Waals surface area (Å²) in [6.07, 6.45) is 5.28. The minimum Gasteiger partial charge on any atom is -0.370 e. The Morgan fingerprint density at radius 2 is 1.95 bits per heavy atom. The van der Waals surface area contributed by atoms with Crippen LogP contribution in [-0.2, 0) is 17.6 Å². The number of aliphatic imine (C=N–C) groups is 1. The molecule has 8 heteroatoms. The van der Waals surface area contributed by atoms with Crippen LogP contribution in [0.15, 0.2) is 53.7 Å². The fourth-order valence-corrected chi connectivity index (χ4v) is 5.42. The number of nitrogens with two attached hydrogens (primary N) is 3. The van der Waals surface area contributed by atoms with Crippen molar-refractivity contribution in [2.45, 2.75) is 51.6 Å². The third kappa shape index (κ3) is 6.90. The number of aromatic nitrogens is 1. The van der Waals surface area contributed by atoms with E-state index in [1.54, 1.807) is 0 Å². The van der Waals surface area contributed by atoms with Gasteiger partial charge in [-0.2, -0.15) is 0 Å². The number of fused-ring (bicyclic) bond motifs is 1. The van der Waals surface area contributed by atoms with Crippen LogP contribution in [0.3, 0.4) is 0 Å². The number of aromatic amines is 1. The highest BCUT2D eigenvalue weighted by molar-refractivity contribution is 5.83. The number of benzene rings is 2. The summed E-state index contributed by atoms with van der Waals surface area (Å²) in [6, 6.07) is 14.3. The van der Waals surface area contributed by atoms with Crippen molar-refractivity contribution in [1.29, 1.82) is 0 Å². The SMILES string of the molecule is Cc1ccc(C[C@@H](N)C(=O)N2CCN(CCc3c[nH]c4ccccc34)CC2CCCN=C(N)N)c(C)c1. The minimum absolute atomic E-state index is 0.0306. The highest BCUT2D eigenvalue weighted by Crippen LogP contribution is 2.21. The number of amides is 1. The van der Waals surface area contributed by atoms with Crippen molar-refractivity contribution in [3.8, 4) is 0 Å². The van der Waals surface area contributed by atoms with Gasteiger partial charge < -0.3 is 27.1 Å². The second kappa shape index (κ2) is 12.3. The van der Waals surface area contributed by atoms with E-state index in [1.165, 1.54) is 27.6 Å². The molecule has 2 atom stereocenters. The van der Waals surface area contributed by atoms with Crippen LogP contribution in [0.1, 0.15) is 35.1 Å². The molecular formula is C29H41N7O. The van der Waals surface area contributed by atoms with Gasteiger partial charge in [-0.1, -0.05) is 42.0 Å². The molecule has 1 amide bonds. The number of hydrogen-bond acceptors (Lipinski definition) is 4. The Morgan fingerprint density at radius 3 is 2.73 bits per heavy atom. The number of rotatable bonds is 10. The van der Waals surface area contributed by atoms with E-state index in [9.17, 15) is 4.79 Å². The molecule has 37 heavy (non-hydrogen) atoms. The molecule has 4 rings (SSSR count). The zero-order valence-electron chi connectivity index (χ0n) is 22.1. The molecule has 0 saturated carbocycles. The Balaban J connectivity index is 1.40. The van der Waals surface area contributed by atoms with Gasteiger partial charge in [0, 0.05) is 55.9 Å². The van der Waals surface area contributed by atoms with Gasteiger partial charge in [0.1, 0.15) is 0 Å². The quantitative estimate of drug-likeness (QED) is 0.192.